The molecule has 2 N–H and O–H groups in total. The Bertz CT molecular complexity index is 835. The number of halogens is 1. The minimum Gasteiger partial charge on any atom is -0.355 e. The zero-order chi connectivity index (χ0) is 17.0. The molecule has 0 unspecified atom stereocenters. The molecule has 0 heterocycles. The van der Waals surface area contributed by atoms with Crippen molar-refractivity contribution in [1.82, 2.24) is 10.0 Å². The van der Waals surface area contributed by atoms with E-state index >= 15 is 0 Å². The Morgan fingerprint density at radius 2 is 1.91 bits per heavy atom. The van der Waals surface area contributed by atoms with Crippen molar-refractivity contribution < 1.29 is 17.6 Å². The Morgan fingerprint density at radius 1 is 1.17 bits per heavy atom. The van der Waals surface area contributed by atoms with E-state index < -0.39 is 15.8 Å². The number of carbonyl (C=O) groups is 1. The van der Waals surface area contributed by atoms with Crippen molar-refractivity contribution in [2.75, 3.05) is 7.05 Å². The molecule has 2 aromatic carbocycles. The average molecular weight is 336 g/mol. The molecule has 0 aliphatic rings. The van der Waals surface area contributed by atoms with Crippen LogP contribution in [0.15, 0.2) is 47.4 Å². The molecule has 0 atom stereocenters. The molecule has 0 aliphatic heterocycles. The maximum atomic E-state index is 13.2. The number of sulfonamides is 1. The van der Waals surface area contributed by atoms with Crippen LogP contribution in [-0.2, 0) is 16.6 Å². The standard InChI is InChI=1S/C16H17FN2O3S/c1-11-8-14(6-7-15(11)17)23(21,22)19-10-12-4-3-5-13(9-12)16(20)18-2/h3-9,19H,10H2,1-2H3,(H,18,20). The molecule has 0 spiro atoms. The number of amides is 1. The lowest BCUT2D eigenvalue weighted by atomic mass is 10.1. The molecule has 0 fully saturated rings. The minimum absolute atomic E-state index is 0.00106. The van der Waals surface area contributed by atoms with Crippen LogP contribution in [-0.4, -0.2) is 21.4 Å². The topological polar surface area (TPSA) is 75.3 Å². The van der Waals surface area contributed by atoms with Gasteiger partial charge in [-0.15, -0.1) is 0 Å². The number of benzene rings is 2. The molecule has 5 nitrogen and oxygen atoms in total. The Morgan fingerprint density at radius 3 is 2.57 bits per heavy atom. The molecule has 0 radical (unpaired) electrons. The number of hydrogen-bond donors (Lipinski definition) is 2. The third kappa shape index (κ3) is 4.14. The second-order valence-electron chi connectivity index (χ2n) is 5.02. The van der Waals surface area contributed by atoms with Gasteiger partial charge in [0.05, 0.1) is 4.90 Å². The highest BCUT2D eigenvalue weighted by atomic mass is 32.2. The van der Waals surface area contributed by atoms with Gasteiger partial charge < -0.3 is 5.32 Å². The predicted octanol–water partition coefficient (Wildman–Crippen LogP) is 1.97. The zero-order valence-electron chi connectivity index (χ0n) is 12.8. The molecule has 7 heteroatoms. The van der Waals surface area contributed by atoms with Gasteiger partial charge in [0.15, 0.2) is 0 Å². The van der Waals surface area contributed by atoms with Gasteiger partial charge in [-0.1, -0.05) is 12.1 Å². The lowest BCUT2D eigenvalue weighted by Gasteiger charge is -2.09. The van der Waals surface area contributed by atoms with Gasteiger partial charge in [0.25, 0.3) is 5.91 Å². The van der Waals surface area contributed by atoms with Gasteiger partial charge in [-0.2, -0.15) is 0 Å². The highest BCUT2D eigenvalue weighted by Crippen LogP contribution is 2.15. The second kappa shape index (κ2) is 6.89. The summed E-state index contributed by atoms with van der Waals surface area (Å²) in [5.41, 5.74) is 1.35. The minimum atomic E-state index is -3.75. The maximum Gasteiger partial charge on any atom is 0.251 e. The molecule has 1 amide bonds. The van der Waals surface area contributed by atoms with Crippen LogP contribution >= 0.6 is 0 Å². The summed E-state index contributed by atoms with van der Waals surface area (Å²) in [6.45, 7) is 1.53. The summed E-state index contributed by atoms with van der Waals surface area (Å²) in [7, 11) is -2.23. The summed E-state index contributed by atoms with van der Waals surface area (Å²) in [5.74, 6) is -0.703. The molecular formula is C16H17FN2O3S. The normalized spacial score (nSPS) is 11.3. The fraction of sp³-hybridized carbons (Fsp3) is 0.188. The largest absolute Gasteiger partial charge is 0.355 e. The van der Waals surface area contributed by atoms with Crippen molar-refractivity contribution in [3.63, 3.8) is 0 Å². The number of aryl methyl sites for hydroxylation is 1. The van der Waals surface area contributed by atoms with Crippen LogP contribution in [0, 0.1) is 12.7 Å². The van der Waals surface area contributed by atoms with E-state index in [9.17, 15) is 17.6 Å². The van der Waals surface area contributed by atoms with Crippen LogP contribution < -0.4 is 10.0 Å². The van der Waals surface area contributed by atoms with Crippen LogP contribution in [0.25, 0.3) is 0 Å². The quantitative estimate of drug-likeness (QED) is 0.876. The number of nitrogens with one attached hydrogen (secondary N) is 2. The monoisotopic (exact) mass is 336 g/mol. The smallest absolute Gasteiger partial charge is 0.251 e. The summed E-state index contributed by atoms with van der Waals surface area (Å²) in [6.07, 6.45) is 0. The summed E-state index contributed by atoms with van der Waals surface area (Å²) in [6, 6.07) is 10.2. The molecule has 23 heavy (non-hydrogen) atoms. The lowest BCUT2D eigenvalue weighted by molar-refractivity contribution is 0.0963. The first-order valence-electron chi connectivity index (χ1n) is 6.90. The first-order valence-corrected chi connectivity index (χ1v) is 8.38. The Balaban J connectivity index is 2.16. The first kappa shape index (κ1) is 17.1. The van der Waals surface area contributed by atoms with E-state index in [1.807, 2.05) is 0 Å². The number of hydrogen-bond acceptors (Lipinski definition) is 3. The third-order valence-electron chi connectivity index (χ3n) is 3.32. The van der Waals surface area contributed by atoms with Gasteiger partial charge >= 0.3 is 0 Å². The molecule has 0 bridgehead atoms. The maximum absolute atomic E-state index is 13.2. The summed E-state index contributed by atoms with van der Waals surface area (Å²) < 4.78 is 40.1. The first-order chi connectivity index (χ1) is 10.8. The fourth-order valence-electron chi connectivity index (χ4n) is 2.01. The summed E-state index contributed by atoms with van der Waals surface area (Å²) in [5, 5.41) is 2.51. The van der Waals surface area contributed by atoms with Crippen molar-refractivity contribution in [2.24, 2.45) is 0 Å². The van der Waals surface area contributed by atoms with E-state index in [4.69, 9.17) is 0 Å². The van der Waals surface area contributed by atoms with Crippen LogP contribution in [0.2, 0.25) is 0 Å². The van der Waals surface area contributed by atoms with Gasteiger partial charge in [0.1, 0.15) is 5.82 Å². The van der Waals surface area contributed by atoms with Gasteiger partial charge in [-0.25, -0.2) is 17.5 Å². The summed E-state index contributed by atoms with van der Waals surface area (Å²) >= 11 is 0. The molecule has 0 aromatic heterocycles. The fourth-order valence-corrected chi connectivity index (χ4v) is 3.12. The molecule has 0 aliphatic carbocycles. The molecular weight excluding hydrogens is 319 g/mol. The lowest BCUT2D eigenvalue weighted by Crippen LogP contribution is -2.24. The molecule has 2 aromatic rings. The van der Waals surface area contributed by atoms with Crippen molar-refractivity contribution in [3.8, 4) is 0 Å². The second-order valence-corrected chi connectivity index (χ2v) is 6.78. The average Bonchev–Trinajstić information content (AvgIpc) is 2.55. The van der Waals surface area contributed by atoms with Crippen molar-refractivity contribution in [1.29, 1.82) is 0 Å². The van der Waals surface area contributed by atoms with E-state index in [0.717, 1.165) is 6.07 Å². The van der Waals surface area contributed by atoms with E-state index in [1.54, 1.807) is 24.3 Å². The van der Waals surface area contributed by atoms with Gasteiger partial charge in [-0.3, -0.25) is 4.79 Å². The zero-order valence-corrected chi connectivity index (χ0v) is 13.6. The van der Waals surface area contributed by atoms with Gasteiger partial charge in [-0.05, 0) is 48.4 Å². The Kier molecular flexibility index (Phi) is 5.12. The molecule has 2 rings (SSSR count). The molecule has 0 saturated heterocycles. The van der Waals surface area contributed by atoms with Crippen LogP contribution in [0.4, 0.5) is 4.39 Å². The number of rotatable bonds is 5. The van der Waals surface area contributed by atoms with Crippen LogP contribution in [0.3, 0.4) is 0 Å². The van der Waals surface area contributed by atoms with Crippen LogP contribution in [0.1, 0.15) is 21.5 Å². The Labute approximate surface area is 134 Å². The van der Waals surface area contributed by atoms with Crippen LogP contribution in [0.5, 0.6) is 0 Å². The van der Waals surface area contributed by atoms with E-state index in [0.29, 0.717) is 11.1 Å². The molecule has 122 valence electrons. The summed E-state index contributed by atoms with van der Waals surface area (Å²) in [4.78, 5) is 11.6. The third-order valence-corrected chi connectivity index (χ3v) is 4.72. The predicted molar refractivity (Wildman–Crippen MR) is 85.0 cm³/mol. The highest BCUT2D eigenvalue weighted by Gasteiger charge is 2.15. The van der Waals surface area contributed by atoms with E-state index in [1.165, 1.54) is 26.1 Å². The van der Waals surface area contributed by atoms with Crippen molar-refractivity contribution in [2.45, 2.75) is 18.4 Å². The SMILES string of the molecule is CNC(=O)c1cccc(CNS(=O)(=O)c2ccc(F)c(C)c2)c1. The van der Waals surface area contributed by atoms with E-state index in [-0.39, 0.29) is 22.9 Å². The van der Waals surface area contributed by atoms with Gasteiger partial charge in [0.2, 0.25) is 10.0 Å². The van der Waals surface area contributed by atoms with Crippen molar-refractivity contribution in [3.05, 3.63) is 65.0 Å². The highest BCUT2D eigenvalue weighted by molar-refractivity contribution is 7.89. The Hall–Kier alpha value is -2.25. The number of carbonyl (C=O) groups excluding carboxylic acids is 1. The van der Waals surface area contributed by atoms with Gasteiger partial charge in [0, 0.05) is 19.2 Å². The van der Waals surface area contributed by atoms with E-state index in [2.05, 4.69) is 10.0 Å². The van der Waals surface area contributed by atoms with Crippen molar-refractivity contribution >= 4 is 15.9 Å². The molecule has 0 saturated carbocycles.